The van der Waals surface area contributed by atoms with E-state index in [1.54, 1.807) is 0 Å². The highest BCUT2D eigenvalue weighted by Gasteiger charge is 2.43. The molecule has 2 aliphatic carbocycles. The zero-order valence-electron chi connectivity index (χ0n) is 27.1. The van der Waals surface area contributed by atoms with Crippen LogP contribution in [0, 0.1) is 0 Å². The Morgan fingerprint density at radius 1 is 0.429 bits per heavy atom. The minimum Gasteiger partial charge on any atom is -0.456 e. The number of aromatic nitrogens is 3. The van der Waals surface area contributed by atoms with Crippen molar-refractivity contribution in [2.45, 2.75) is 37.5 Å². The predicted molar refractivity (Wildman–Crippen MR) is 198 cm³/mol. The highest BCUT2D eigenvalue weighted by Crippen LogP contribution is 2.56. The summed E-state index contributed by atoms with van der Waals surface area (Å²) in [5.74, 6) is 1.91. The van der Waals surface area contributed by atoms with E-state index in [1.807, 2.05) is 48.5 Å². The van der Waals surface area contributed by atoms with Crippen molar-refractivity contribution in [3.63, 3.8) is 0 Å². The van der Waals surface area contributed by atoms with E-state index in [0.29, 0.717) is 17.5 Å². The van der Waals surface area contributed by atoms with Gasteiger partial charge in [0.25, 0.3) is 0 Å². The van der Waals surface area contributed by atoms with Gasteiger partial charge < -0.3 is 4.42 Å². The normalized spacial score (nSPS) is 14.7. The van der Waals surface area contributed by atoms with Crippen LogP contribution in [0.4, 0.5) is 0 Å². The largest absolute Gasteiger partial charge is 0.456 e. The van der Waals surface area contributed by atoms with Gasteiger partial charge in [-0.1, -0.05) is 135 Å². The van der Waals surface area contributed by atoms with Gasteiger partial charge in [-0.2, -0.15) is 0 Å². The van der Waals surface area contributed by atoms with Gasteiger partial charge in [0, 0.05) is 32.9 Å². The Bertz CT molecular complexity index is 2540. The number of benzene rings is 6. The van der Waals surface area contributed by atoms with Crippen LogP contribution in [0.15, 0.2) is 144 Å². The van der Waals surface area contributed by atoms with E-state index in [1.165, 1.54) is 59.9 Å². The Labute approximate surface area is 285 Å². The van der Waals surface area contributed by atoms with Crippen molar-refractivity contribution in [2.75, 3.05) is 0 Å². The van der Waals surface area contributed by atoms with Gasteiger partial charge in [0.05, 0.1) is 0 Å². The molecule has 0 bridgehead atoms. The van der Waals surface area contributed by atoms with Crippen LogP contribution in [0.1, 0.15) is 43.2 Å². The van der Waals surface area contributed by atoms with E-state index in [0.717, 1.165) is 44.2 Å². The molecule has 0 saturated heterocycles. The first-order valence-electron chi connectivity index (χ1n) is 17.3. The number of para-hydroxylation sites is 1. The fraction of sp³-hybridized carbons (Fsp3) is 0.133. The molecular formula is C45H33N3O. The van der Waals surface area contributed by atoms with Crippen molar-refractivity contribution < 1.29 is 4.42 Å². The van der Waals surface area contributed by atoms with E-state index in [2.05, 4.69) is 91.0 Å². The van der Waals surface area contributed by atoms with Gasteiger partial charge in [0.1, 0.15) is 11.2 Å². The molecule has 0 N–H and O–H groups in total. The number of rotatable bonds is 4. The topological polar surface area (TPSA) is 51.8 Å². The van der Waals surface area contributed by atoms with Gasteiger partial charge in [0.15, 0.2) is 17.5 Å². The van der Waals surface area contributed by atoms with Crippen LogP contribution in [-0.4, -0.2) is 15.0 Å². The third kappa shape index (κ3) is 4.48. The molecule has 0 unspecified atom stereocenters. The minimum atomic E-state index is 0.156. The van der Waals surface area contributed by atoms with Crippen molar-refractivity contribution in [2.24, 2.45) is 0 Å². The molecule has 2 heterocycles. The molecule has 0 amide bonds. The molecular weight excluding hydrogens is 599 g/mol. The van der Waals surface area contributed by atoms with Crippen LogP contribution in [0.5, 0.6) is 0 Å². The maximum atomic E-state index is 6.23. The van der Waals surface area contributed by atoms with Gasteiger partial charge in [-0.05, 0) is 70.5 Å². The number of hydrogen-bond donors (Lipinski definition) is 0. The van der Waals surface area contributed by atoms with Crippen molar-refractivity contribution >= 4 is 21.9 Å². The number of fused-ring (bicyclic) bond motifs is 8. The molecule has 1 spiro atoms. The average Bonchev–Trinajstić information content (AvgIpc) is 3.69. The number of furan rings is 1. The number of hydrogen-bond acceptors (Lipinski definition) is 4. The zero-order chi connectivity index (χ0) is 32.4. The molecule has 4 nitrogen and oxygen atoms in total. The van der Waals surface area contributed by atoms with E-state index in [4.69, 9.17) is 19.4 Å². The first kappa shape index (κ1) is 28.2. The molecule has 4 heteroatoms. The molecule has 0 atom stereocenters. The molecule has 0 aliphatic heterocycles. The molecule has 49 heavy (non-hydrogen) atoms. The van der Waals surface area contributed by atoms with Crippen LogP contribution in [0.3, 0.4) is 0 Å². The zero-order valence-corrected chi connectivity index (χ0v) is 27.1. The van der Waals surface area contributed by atoms with Crippen molar-refractivity contribution in [1.29, 1.82) is 0 Å². The fourth-order valence-electron chi connectivity index (χ4n) is 8.48. The van der Waals surface area contributed by atoms with E-state index < -0.39 is 0 Å². The summed E-state index contributed by atoms with van der Waals surface area (Å²) in [6.07, 6.45) is 6.39. The molecule has 8 aromatic rings. The highest BCUT2D eigenvalue weighted by molar-refractivity contribution is 6.11. The lowest BCUT2D eigenvalue weighted by molar-refractivity contribution is 0.353. The first-order valence-corrected chi connectivity index (χ1v) is 17.3. The quantitative estimate of drug-likeness (QED) is 0.194. The second-order valence-electron chi connectivity index (χ2n) is 13.5. The molecule has 6 aromatic carbocycles. The van der Waals surface area contributed by atoms with Gasteiger partial charge in [-0.25, -0.2) is 15.0 Å². The van der Waals surface area contributed by atoms with Crippen LogP contribution in [0.25, 0.3) is 78.4 Å². The van der Waals surface area contributed by atoms with Crippen LogP contribution < -0.4 is 0 Å². The maximum Gasteiger partial charge on any atom is 0.164 e. The monoisotopic (exact) mass is 631 g/mol. The first-order chi connectivity index (χ1) is 24.2. The van der Waals surface area contributed by atoms with Crippen LogP contribution in [-0.2, 0) is 5.41 Å². The highest BCUT2D eigenvalue weighted by atomic mass is 16.3. The Morgan fingerprint density at radius 3 is 1.96 bits per heavy atom. The van der Waals surface area contributed by atoms with Crippen LogP contribution in [0.2, 0.25) is 0 Å². The summed E-state index contributed by atoms with van der Waals surface area (Å²) in [6, 6.07) is 49.3. The third-order valence-electron chi connectivity index (χ3n) is 10.7. The summed E-state index contributed by atoms with van der Waals surface area (Å²) in [6.45, 7) is 0. The predicted octanol–water partition coefficient (Wildman–Crippen LogP) is 11.7. The molecule has 1 fully saturated rings. The molecule has 2 aliphatic rings. The standard InChI is InChI=1S/C45H33N3O/c1-3-13-29(14-4-1)42-46-43(48-44(47-42)35-19-12-22-40-41(35)34-18-6-8-21-39(34)49-40)32-16-11-15-30(27-32)31-23-24-38-36(28-31)33-17-5-7-20-37(33)45(38)25-9-2-10-26-45/h1,3-8,11-24,27-28H,2,9-10,25-26H2. The van der Waals surface area contributed by atoms with Gasteiger partial charge >= 0.3 is 0 Å². The lowest BCUT2D eigenvalue weighted by Crippen LogP contribution is -2.27. The number of nitrogens with zero attached hydrogens (tertiary/aromatic N) is 3. The Balaban J connectivity index is 1.12. The van der Waals surface area contributed by atoms with Crippen LogP contribution >= 0.6 is 0 Å². The van der Waals surface area contributed by atoms with Crippen molar-refractivity contribution in [1.82, 2.24) is 15.0 Å². The fourth-order valence-corrected chi connectivity index (χ4v) is 8.48. The molecule has 1 saturated carbocycles. The average molecular weight is 632 g/mol. The summed E-state index contributed by atoms with van der Waals surface area (Å²) in [7, 11) is 0. The smallest absolute Gasteiger partial charge is 0.164 e. The maximum absolute atomic E-state index is 6.23. The van der Waals surface area contributed by atoms with Crippen molar-refractivity contribution in [3.05, 3.63) is 151 Å². The second kappa shape index (κ2) is 11.1. The lowest BCUT2D eigenvalue weighted by atomic mass is 9.68. The summed E-state index contributed by atoms with van der Waals surface area (Å²) < 4.78 is 6.23. The van der Waals surface area contributed by atoms with Crippen molar-refractivity contribution in [3.8, 4) is 56.4 Å². The second-order valence-corrected chi connectivity index (χ2v) is 13.5. The lowest BCUT2D eigenvalue weighted by Gasteiger charge is -2.36. The van der Waals surface area contributed by atoms with Gasteiger partial charge in [0.2, 0.25) is 0 Å². The summed E-state index contributed by atoms with van der Waals surface area (Å²) in [5, 5.41) is 2.06. The molecule has 2 aromatic heterocycles. The van der Waals surface area contributed by atoms with E-state index in [9.17, 15) is 0 Å². The SMILES string of the molecule is c1ccc(-c2nc(-c3cccc(-c4ccc5c(c4)-c4ccccc4C54CCCCC4)c3)nc(-c3cccc4oc5ccccc5c34)n2)cc1. The summed E-state index contributed by atoms with van der Waals surface area (Å²) in [4.78, 5) is 15.3. The Morgan fingerprint density at radius 2 is 1.06 bits per heavy atom. The molecule has 0 radical (unpaired) electrons. The molecule has 234 valence electrons. The van der Waals surface area contributed by atoms with E-state index in [-0.39, 0.29) is 5.41 Å². The Kier molecular flexibility index (Phi) is 6.38. The minimum absolute atomic E-state index is 0.156. The van der Waals surface area contributed by atoms with Gasteiger partial charge in [-0.15, -0.1) is 0 Å². The van der Waals surface area contributed by atoms with E-state index >= 15 is 0 Å². The Hall–Kier alpha value is -5.87. The van der Waals surface area contributed by atoms with Gasteiger partial charge in [-0.3, -0.25) is 0 Å². The summed E-state index contributed by atoms with van der Waals surface area (Å²) in [5.41, 5.74) is 12.8. The molecule has 10 rings (SSSR count). The summed E-state index contributed by atoms with van der Waals surface area (Å²) >= 11 is 0. The third-order valence-corrected chi connectivity index (χ3v) is 10.7.